The van der Waals surface area contributed by atoms with Crippen molar-refractivity contribution >= 4 is 0 Å². The molecule has 0 heterocycles. The summed E-state index contributed by atoms with van der Waals surface area (Å²) in [4.78, 5) is 0. The quantitative estimate of drug-likeness (QED) is 0.698. The average molecular weight is 303 g/mol. The number of hydrogen-bond donors (Lipinski definition) is 1. The van der Waals surface area contributed by atoms with Crippen molar-refractivity contribution in [3.63, 3.8) is 0 Å². The van der Waals surface area contributed by atoms with Crippen molar-refractivity contribution in [3.05, 3.63) is 11.6 Å². The number of allylic oxidation sites excluding steroid dienone is 1. The molecule has 0 saturated heterocycles. The molecule has 3 fully saturated rings. The largest absolute Gasteiger partial charge is 0.849 e. The third-order valence-corrected chi connectivity index (χ3v) is 8.33. The highest BCUT2D eigenvalue weighted by atomic mass is 16.3. The van der Waals surface area contributed by atoms with E-state index in [1.54, 1.807) is 0 Å². The lowest BCUT2D eigenvalue weighted by Crippen LogP contribution is -2.52. The van der Waals surface area contributed by atoms with Gasteiger partial charge in [0, 0.05) is 0 Å². The summed E-state index contributed by atoms with van der Waals surface area (Å²) in [5, 5.41) is 22.8. The molecule has 0 aromatic rings. The van der Waals surface area contributed by atoms with Crippen LogP contribution in [0.5, 0.6) is 0 Å². The smallest absolute Gasteiger partial charge is 0.0675 e. The molecule has 2 heteroatoms. The Bertz CT molecular complexity index is 494. The Morgan fingerprint density at radius 1 is 1.09 bits per heavy atom. The summed E-state index contributed by atoms with van der Waals surface area (Å²) in [5.74, 6) is 3.50. The third-order valence-electron chi connectivity index (χ3n) is 8.33. The zero-order valence-corrected chi connectivity index (χ0v) is 14.3. The molecule has 3 saturated carbocycles. The molecular weight excluding hydrogens is 272 g/mol. The van der Waals surface area contributed by atoms with E-state index in [9.17, 15) is 10.2 Å². The SMILES string of the molecule is CC1CC2C(CCC3(C)C2CC[C@]3(C)O)C2CCC([O-])C=C12. The molecule has 4 rings (SSSR count). The van der Waals surface area contributed by atoms with Crippen molar-refractivity contribution in [1.29, 1.82) is 0 Å². The van der Waals surface area contributed by atoms with Crippen LogP contribution in [-0.4, -0.2) is 16.8 Å². The van der Waals surface area contributed by atoms with Crippen molar-refractivity contribution in [2.45, 2.75) is 77.4 Å². The van der Waals surface area contributed by atoms with Crippen LogP contribution in [-0.2, 0) is 0 Å². The summed E-state index contributed by atoms with van der Waals surface area (Å²) in [7, 11) is 0. The second-order valence-electron chi connectivity index (χ2n) is 9.23. The minimum Gasteiger partial charge on any atom is -0.849 e. The first kappa shape index (κ1) is 15.2. The lowest BCUT2D eigenvalue weighted by Gasteiger charge is -2.57. The van der Waals surface area contributed by atoms with Gasteiger partial charge in [-0.2, -0.15) is 0 Å². The average Bonchev–Trinajstić information content (AvgIpc) is 2.70. The molecule has 0 aliphatic heterocycles. The molecule has 124 valence electrons. The van der Waals surface area contributed by atoms with E-state index in [0.29, 0.717) is 17.8 Å². The second-order valence-corrected chi connectivity index (χ2v) is 9.23. The van der Waals surface area contributed by atoms with Gasteiger partial charge < -0.3 is 10.2 Å². The first-order valence-electron chi connectivity index (χ1n) is 9.43. The molecule has 7 unspecified atom stereocenters. The summed E-state index contributed by atoms with van der Waals surface area (Å²) in [6, 6.07) is 0. The molecule has 2 nitrogen and oxygen atoms in total. The lowest BCUT2D eigenvalue weighted by atomic mass is 9.49. The van der Waals surface area contributed by atoms with Gasteiger partial charge in [-0.1, -0.05) is 31.9 Å². The van der Waals surface area contributed by atoms with E-state index >= 15 is 0 Å². The standard InChI is InChI=1S/C20H31O2/c1-12-10-17-15(14-5-4-13(21)11-16(12)14)6-8-19(2)18(17)7-9-20(19,3)22/h11-15,17-18,22H,4-10H2,1-3H3/q-1/t12?,13?,14?,15?,17?,18?,19?,20-/m0/s1. The van der Waals surface area contributed by atoms with E-state index in [-0.39, 0.29) is 5.41 Å². The maximum atomic E-state index is 11.9. The Morgan fingerprint density at radius 3 is 2.64 bits per heavy atom. The molecule has 4 aliphatic rings. The van der Waals surface area contributed by atoms with Gasteiger partial charge in [0.15, 0.2) is 0 Å². The minimum atomic E-state index is -0.478. The van der Waals surface area contributed by atoms with Gasteiger partial charge in [0.05, 0.1) is 5.60 Å². The minimum absolute atomic E-state index is 0.116. The number of hydrogen-bond acceptors (Lipinski definition) is 2. The highest BCUT2D eigenvalue weighted by Gasteiger charge is 2.60. The Morgan fingerprint density at radius 2 is 1.86 bits per heavy atom. The topological polar surface area (TPSA) is 43.3 Å². The van der Waals surface area contributed by atoms with E-state index in [4.69, 9.17) is 0 Å². The summed E-state index contributed by atoms with van der Waals surface area (Å²) < 4.78 is 0. The maximum Gasteiger partial charge on any atom is 0.0675 e. The summed E-state index contributed by atoms with van der Waals surface area (Å²) in [6.07, 6.45) is 9.43. The van der Waals surface area contributed by atoms with Gasteiger partial charge >= 0.3 is 0 Å². The highest BCUT2D eigenvalue weighted by molar-refractivity contribution is 5.23. The van der Waals surface area contributed by atoms with Crippen molar-refractivity contribution in [2.75, 3.05) is 0 Å². The van der Waals surface area contributed by atoms with Crippen molar-refractivity contribution in [1.82, 2.24) is 0 Å². The van der Waals surface area contributed by atoms with E-state index in [2.05, 4.69) is 26.8 Å². The molecule has 0 spiro atoms. The summed E-state index contributed by atoms with van der Waals surface area (Å²) in [6.45, 7) is 6.77. The van der Waals surface area contributed by atoms with Gasteiger partial charge in [0.1, 0.15) is 0 Å². The van der Waals surface area contributed by atoms with Crippen LogP contribution in [0.4, 0.5) is 0 Å². The maximum absolute atomic E-state index is 11.9. The van der Waals surface area contributed by atoms with Gasteiger partial charge in [-0.05, 0) is 80.5 Å². The van der Waals surface area contributed by atoms with E-state index in [1.165, 1.54) is 31.3 Å². The molecule has 0 aromatic carbocycles. The van der Waals surface area contributed by atoms with Crippen molar-refractivity contribution in [3.8, 4) is 0 Å². The van der Waals surface area contributed by atoms with Gasteiger partial charge in [-0.15, -0.1) is 6.10 Å². The number of rotatable bonds is 0. The van der Waals surface area contributed by atoms with Crippen molar-refractivity contribution < 1.29 is 10.2 Å². The predicted octanol–water partition coefficient (Wildman–Crippen LogP) is 3.29. The molecule has 8 atom stereocenters. The highest BCUT2D eigenvalue weighted by Crippen LogP contribution is 2.65. The Kier molecular flexibility index (Phi) is 3.34. The Labute approximate surface area is 135 Å². The number of fused-ring (bicyclic) bond motifs is 5. The van der Waals surface area contributed by atoms with Crippen LogP contribution in [0, 0.1) is 35.0 Å². The van der Waals surface area contributed by atoms with Crippen LogP contribution in [0.3, 0.4) is 0 Å². The van der Waals surface area contributed by atoms with Crippen LogP contribution < -0.4 is 5.11 Å². The van der Waals surface area contributed by atoms with Crippen LogP contribution >= 0.6 is 0 Å². The Hall–Kier alpha value is -0.340. The van der Waals surface area contributed by atoms with Gasteiger partial charge in [0.2, 0.25) is 0 Å². The normalized spacial score (nSPS) is 57.6. The second kappa shape index (κ2) is 4.83. The first-order valence-corrected chi connectivity index (χ1v) is 9.43. The summed E-state index contributed by atoms with van der Waals surface area (Å²) >= 11 is 0. The molecule has 22 heavy (non-hydrogen) atoms. The fourth-order valence-corrected chi connectivity index (χ4v) is 6.87. The molecule has 0 radical (unpaired) electrons. The molecule has 4 aliphatic carbocycles. The molecule has 0 bridgehead atoms. The summed E-state index contributed by atoms with van der Waals surface area (Å²) in [5.41, 5.74) is 1.14. The molecule has 0 aromatic heterocycles. The third kappa shape index (κ3) is 1.92. The van der Waals surface area contributed by atoms with Crippen LogP contribution in [0.25, 0.3) is 0 Å². The zero-order chi connectivity index (χ0) is 15.7. The van der Waals surface area contributed by atoms with Gasteiger partial charge in [-0.3, -0.25) is 0 Å². The van der Waals surface area contributed by atoms with Crippen LogP contribution in [0.1, 0.15) is 65.7 Å². The fraction of sp³-hybridized carbons (Fsp3) is 0.900. The predicted molar refractivity (Wildman–Crippen MR) is 86.0 cm³/mol. The first-order chi connectivity index (χ1) is 10.3. The molecule has 1 N–H and O–H groups in total. The van der Waals surface area contributed by atoms with Gasteiger partial charge in [-0.25, -0.2) is 0 Å². The molecule has 0 amide bonds. The van der Waals surface area contributed by atoms with Crippen molar-refractivity contribution in [2.24, 2.45) is 35.0 Å². The monoisotopic (exact) mass is 303 g/mol. The van der Waals surface area contributed by atoms with E-state index < -0.39 is 11.7 Å². The van der Waals surface area contributed by atoms with Crippen LogP contribution in [0.15, 0.2) is 11.6 Å². The van der Waals surface area contributed by atoms with E-state index in [1.807, 2.05) is 0 Å². The fourth-order valence-electron chi connectivity index (χ4n) is 6.87. The van der Waals surface area contributed by atoms with Gasteiger partial charge in [0.25, 0.3) is 0 Å². The van der Waals surface area contributed by atoms with E-state index in [0.717, 1.165) is 31.1 Å². The zero-order valence-electron chi connectivity index (χ0n) is 14.3. The molecular formula is C20H31O2-. The van der Waals surface area contributed by atoms with Crippen LogP contribution in [0.2, 0.25) is 0 Å². The number of aliphatic hydroxyl groups is 1. The Balaban J connectivity index is 1.67. The lowest BCUT2D eigenvalue weighted by molar-refractivity contribution is -0.406.